The zero-order chi connectivity index (χ0) is 16.7. The summed E-state index contributed by atoms with van der Waals surface area (Å²) in [6.45, 7) is 1.99. The number of hydrogen-bond donors (Lipinski definition) is 3. The average molecular weight is 327 g/mol. The van der Waals surface area contributed by atoms with Crippen molar-refractivity contribution in [1.82, 2.24) is 16.0 Å². The van der Waals surface area contributed by atoms with Gasteiger partial charge in [-0.2, -0.15) is 0 Å². The lowest BCUT2D eigenvalue weighted by Crippen LogP contribution is -2.61. The first-order valence-corrected chi connectivity index (χ1v) is 9.06. The Kier molecular flexibility index (Phi) is 4.04. The Hall–Kier alpha value is -1.88. The smallest absolute Gasteiger partial charge is 0.238 e. The second-order valence-electron chi connectivity index (χ2n) is 7.48. The molecule has 1 aromatic carbocycles. The van der Waals surface area contributed by atoms with E-state index in [-0.39, 0.29) is 30.4 Å². The van der Waals surface area contributed by atoms with Crippen molar-refractivity contribution in [2.45, 2.75) is 63.2 Å². The highest BCUT2D eigenvalue weighted by molar-refractivity contribution is 5.89. The van der Waals surface area contributed by atoms with Crippen molar-refractivity contribution in [2.24, 2.45) is 5.92 Å². The van der Waals surface area contributed by atoms with E-state index >= 15 is 0 Å². The molecule has 1 aliphatic heterocycles. The Labute approximate surface area is 142 Å². The van der Waals surface area contributed by atoms with Crippen LogP contribution in [-0.2, 0) is 9.59 Å². The molecule has 5 nitrogen and oxygen atoms in total. The minimum Gasteiger partial charge on any atom is -0.348 e. The summed E-state index contributed by atoms with van der Waals surface area (Å²) in [4.78, 5) is 24.4. The molecule has 1 aromatic rings. The summed E-state index contributed by atoms with van der Waals surface area (Å²) in [6.07, 6.45) is 5.00. The van der Waals surface area contributed by atoms with Gasteiger partial charge in [-0.15, -0.1) is 0 Å². The number of hydrogen-bond acceptors (Lipinski definition) is 3. The first-order chi connectivity index (χ1) is 11.6. The monoisotopic (exact) mass is 327 g/mol. The molecule has 3 aliphatic rings. The van der Waals surface area contributed by atoms with E-state index in [0.717, 1.165) is 24.3 Å². The summed E-state index contributed by atoms with van der Waals surface area (Å²) < 4.78 is 0. The van der Waals surface area contributed by atoms with Crippen LogP contribution in [-0.4, -0.2) is 24.0 Å². The average Bonchev–Trinajstić information content (AvgIpc) is 3.47. The molecule has 3 unspecified atom stereocenters. The molecule has 3 atom stereocenters. The van der Waals surface area contributed by atoms with Crippen LogP contribution < -0.4 is 16.0 Å². The summed E-state index contributed by atoms with van der Waals surface area (Å²) in [5, 5.41) is 9.28. The summed E-state index contributed by atoms with van der Waals surface area (Å²) >= 11 is 0. The van der Waals surface area contributed by atoms with Gasteiger partial charge < -0.3 is 10.6 Å². The van der Waals surface area contributed by atoms with E-state index in [0.29, 0.717) is 5.92 Å². The van der Waals surface area contributed by atoms with Crippen LogP contribution >= 0.6 is 0 Å². The molecular weight excluding hydrogens is 302 g/mol. The first kappa shape index (κ1) is 15.6. The normalized spacial score (nSPS) is 28.1. The second-order valence-corrected chi connectivity index (χ2v) is 7.48. The molecule has 128 valence electrons. The quantitative estimate of drug-likeness (QED) is 0.774. The first-order valence-electron chi connectivity index (χ1n) is 9.06. The Balaban J connectivity index is 1.36. The van der Waals surface area contributed by atoms with Crippen LogP contribution in [0.4, 0.5) is 0 Å². The van der Waals surface area contributed by atoms with Gasteiger partial charge in [0.05, 0.1) is 24.7 Å². The SMILES string of the molecule is CC(NC(=O)C1CC(=O)NC(C2CC2)N1)c1ccc(C2CC2)cc1. The Morgan fingerprint density at radius 1 is 1.17 bits per heavy atom. The van der Waals surface area contributed by atoms with Crippen molar-refractivity contribution in [1.29, 1.82) is 0 Å². The predicted octanol–water partition coefficient (Wildman–Crippen LogP) is 1.96. The van der Waals surface area contributed by atoms with Gasteiger partial charge in [-0.1, -0.05) is 24.3 Å². The standard InChI is InChI=1S/C19H25N3O2/c1-11(12-2-4-13(5-3-12)14-6-7-14)20-19(24)16-10-17(23)22-18(21-16)15-8-9-15/h2-5,11,14-16,18,21H,6-10H2,1H3,(H,20,24)(H,22,23). The van der Waals surface area contributed by atoms with Crippen molar-refractivity contribution in [3.8, 4) is 0 Å². The minimum atomic E-state index is -0.433. The van der Waals surface area contributed by atoms with Crippen LogP contribution in [0.2, 0.25) is 0 Å². The predicted molar refractivity (Wildman–Crippen MR) is 91.2 cm³/mol. The molecular formula is C19H25N3O2. The molecule has 0 radical (unpaired) electrons. The molecule has 3 fully saturated rings. The lowest BCUT2D eigenvalue weighted by molar-refractivity contribution is -0.132. The van der Waals surface area contributed by atoms with Crippen molar-refractivity contribution in [2.75, 3.05) is 0 Å². The van der Waals surface area contributed by atoms with Crippen LogP contribution in [0.5, 0.6) is 0 Å². The largest absolute Gasteiger partial charge is 0.348 e. The third-order valence-corrected chi connectivity index (χ3v) is 5.34. The van der Waals surface area contributed by atoms with Gasteiger partial charge in [0.15, 0.2) is 0 Å². The lowest BCUT2D eigenvalue weighted by Gasteiger charge is -2.31. The molecule has 0 spiro atoms. The Bertz CT molecular complexity index is 635. The molecule has 4 rings (SSSR count). The highest BCUT2D eigenvalue weighted by Gasteiger charge is 2.39. The van der Waals surface area contributed by atoms with Gasteiger partial charge in [0.1, 0.15) is 0 Å². The number of carbonyl (C=O) groups excluding carboxylic acids is 2. The maximum atomic E-state index is 12.5. The van der Waals surface area contributed by atoms with Crippen molar-refractivity contribution in [3.05, 3.63) is 35.4 Å². The lowest BCUT2D eigenvalue weighted by atomic mass is 10.0. The van der Waals surface area contributed by atoms with Gasteiger partial charge in [-0.3, -0.25) is 14.9 Å². The third-order valence-electron chi connectivity index (χ3n) is 5.34. The zero-order valence-corrected chi connectivity index (χ0v) is 14.0. The molecule has 0 bridgehead atoms. The van der Waals surface area contributed by atoms with Crippen molar-refractivity contribution in [3.63, 3.8) is 0 Å². The fourth-order valence-corrected chi connectivity index (χ4v) is 3.46. The van der Waals surface area contributed by atoms with Crippen molar-refractivity contribution < 1.29 is 9.59 Å². The van der Waals surface area contributed by atoms with Crippen LogP contribution in [0, 0.1) is 5.92 Å². The molecule has 2 amide bonds. The summed E-state index contributed by atoms with van der Waals surface area (Å²) in [7, 11) is 0. The van der Waals surface area contributed by atoms with Gasteiger partial charge in [0, 0.05) is 0 Å². The number of amides is 2. The number of carbonyl (C=O) groups is 2. The molecule has 0 aromatic heterocycles. The van der Waals surface area contributed by atoms with E-state index in [2.05, 4.69) is 40.2 Å². The van der Waals surface area contributed by atoms with Crippen LogP contribution in [0.3, 0.4) is 0 Å². The van der Waals surface area contributed by atoms with Crippen molar-refractivity contribution >= 4 is 11.8 Å². The van der Waals surface area contributed by atoms with Gasteiger partial charge in [0.2, 0.25) is 11.8 Å². The molecule has 3 N–H and O–H groups in total. The fraction of sp³-hybridized carbons (Fsp3) is 0.579. The molecule has 2 aliphatic carbocycles. The molecule has 1 saturated heterocycles. The highest BCUT2D eigenvalue weighted by Crippen LogP contribution is 2.40. The van der Waals surface area contributed by atoms with E-state index in [9.17, 15) is 9.59 Å². The second kappa shape index (κ2) is 6.20. The van der Waals surface area contributed by atoms with E-state index in [1.807, 2.05) is 6.92 Å². The third kappa shape index (κ3) is 3.46. The fourth-order valence-electron chi connectivity index (χ4n) is 3.46. The van der Waals surface area contributed by atoms with E-state index in [1.54, 1.807) is 0 Å². The van der Waals surface area contributed by atoms with Gasteiger partial charge in [-0.05, 0) is 55.6 Å². The topological polar surface area (TPSA) is 70.2 Å². The molecule has 5 heteroatoms. The summed E-state index contributed by atoms with van der Waals surface area (Å²) in [5.41, 5.74) is 2.50. The molecule has 24 heavy (non-hydrogen) atoms. The van der Waals surface area contributed by atoms with E-state index < -0.39 is 6.04 Å². The summed E-state index contributed by atoms with van der Waals surface area (Å²) in [6, 6.07) is 8.06. The molecule has 2 saturated carbocycles. The van der Waals surface area contributed by atoms with E-state index in [1.165, 1.54) is 18.4 Å². The van der Waals surface area contributed by atoms with Gasteiger partial charge in [0.25, 0.3) is 0 Å². The van der Waals surface area contributed by atoms with Crippen LogP contribution in [0.25, 0.3) is 0 Å². The number of benzene rings is 1. The maximum Gasteiger partial charge on any atom is 0.238 e. The Morgan fingerprint density at radius 2 is 1.88 bits per heavy atom. The van der Waals surface area contributed by atoms with E-state index in [4.69, 9.17) is 0 Å². The number of nitrogens with one attached hydrogen (secondary N) is 3. The summed E-state index contributed by atoms with van der Waals surface area (Å²) in [5.74, 6) is 1.10. The number of rotatable bonds is 5. The maximum absolute atomic E-state index is 12.5. The Morgan fingerprint density at radius 3 is 2.50 bits per heavy atom. The van der Waals surface area contributed by atoms with Gasteiger partial charge in [-0.25, -0.2) is 0 Å². The van der Waals surface area contributed by atoms with Crippen LogP contribution in [0.1, 0.15) is 62.1 Å². The van der Waals surface area contributed by atoms with Crippen LogP contribution in [0.15, 0.2) is 24.3 Å². The zero-order valence-electron chi connectivity index (χ0n) is 14.0. The van der Waals surface area contributed by atoms with Gasteiger partial charge >= 0.3 is 0 Å². The molecule has 1 heterocycles. The highest BCUT2D eigenvalue weighted by atomic mass is 16.2. The minimum absolute atomic E-state index is 0.0350.